The van der Waals surface area contributed by atoms with E-state index in [2.05, 4.69) is 10.3 Å². The number of H-pyrrole nitrogens is 1. The van der Waals surface area contributed by atoms with Crippen LogP contribution in [0.2, 0.25) is 0 Å². The van der Waals surface area contributed by atoms with Crippen molar-refractivity contribution in [2.24, 2.45) is 0 Å². The van der Waals surface area contributed by atoms with E-state index in [0.29, 0.717) is 19.6 Å². The lowest BCUT2D eigenvalue weighted by atomic mass is 10.1. The van der Waals surface area contributed by atoms with Crippen molar-refractivity contribution in [2.75, 3.05) is 7.11 Å². The highest BCUT2D eigenvalue weighted by Gasteiger charge is 2.13. The van der Waals surface area contributed by atoms with Crippen molar-refractivity contribution >= 4 is 16.8 Å². The summed E-state index contributed by atoms with van der Waals surface area (Å²) in [5.41, 5.74) is 5.14. The molecule has 0 aliphatic rings. The molecule has 0 atom stereocenters. The minimum absolute atomic E-state index is 0.0181. The molecule has 5 nitrogen and oxygen atoms in total. The van der Waals surface area contributed by atoms with Crippen molar-refractivity contribution in [2.45, 2.75) is 26.5 Å². The monoisotopic (exact) mass is 414 g/mol. The third kappa shape index (κ3) is 5.07. The van der Waals surface area contributed by atoms with Gasteiger partial charge in [-0.3, -0.25) is 4.79 Å². The van der Waals surface area contributed by atoms with Crippen molar-refractivity contribution in [3.05, 3.63) is 95.2 Å². The van der Waals surface area contributed by atoms with Gasteiger partial charge in [0.05, 0.1) is 13.5 Å². The Hall–Kier alpha value is -3.73. The number of hydrogen-bond donors (Lipinski definition) is 2. The first kappa shape index (κ1) is 20.5. The van der Waals surface area contributed by atoms with Gasteiger partial charge in [-0.25, -0.2) is 0 Å². The van der Waals surface area contributed by atoms with Gasteiger partial charge in [0.15, 0.2) is 0 Å². The van der Waals surface area contributed by atoms with Gasteiger partial charge < -0.3 is 19.8 Å². The molecule has 158 valence electrons. The molecular weight excluding hydrogens is 388 g/mol. The average Bonchev–Trinajstić information content (AvgIpc) is 3.11. The van der Waals surface area contributed by atoms with E-state index in [1.165, 1.54) is 0 Å². The molecule has 0 saturated heterocycles. The first-order valence-corrected chi connectivity index (χ1v) is 10.3. The van der Waals surface area contributed by atoms with Crippen LogP contribution in [-0.4, -0.2) is 18.0 Å². The summed E-state index contributed by atoms with van der Waals surface area (Å²) in [4.78, 5) is 16.0. The standard InChI is InChI=1S/C26H26N2O3/c1-18-23(15-26(29)27-16-19-8-10-21(30-2)11-9-19)24-14-22(12-13-25(24)28-18)31-17-20-6-4-3-5-7-20/h3-14,28H,15-17H2,1-2H3,(H,27,29). The van der Waals surface area contributed by atoms with Crippen molar-refractivity contribution in [1.82, 2.24) is 10.3 Å². The minimum atomic E-state index is -0.0181. The second kappa shape index (κ2) is 9.39. The van der Waals surface area contributed by atoms with Crippen LogP contribution in [0.25, 0.3) is 10.9 Å². The summed E-state index contributed by atoms with van der Waals surface area (Å²) in [6, 6.07) is 23.7. The fourth-order valence-electron chi connectivity index (χ4n) is 3.59. The molecule has 5 heteroatoms. The van der Waals surface area contributed by atoms with E-state index in [-0.39, 0.29) is 5.91 Å². The normalized spacial score (nSPS) is 10.8. The van der Waals surface area contributed by atoms with Gasteiger partial charge in [-0.05, 0) is 53.9 Å². The van der Waals surface area contributed by atoms with Crippen LogP contribution in [0.4, 0.5) is 0 Å². The summed E-state index contributed by atoms with van der Waals surface area (Å²) in [5, 5.41) is 4.02. The topological polar surface area (TPSA) is 63.3 Å². The van der Waals surface area contributed by atoms with Crippen LogP contribution in [0.5, 0.6) is 11.5 Å². The molecule has 31 heavy (non-hydrogen) atoms. The summed E-state index contributed by atoms with van der Waals surface area (Å²) < 4.78 is 11.1. The highest BCUT2D eigenvalue weighted by molar-refractivity contribution is 5.91. The Bertz CT molecular complexity index is 1160. The van der Waals surface area contributed by atoms with Gasteiger partial charge in [0.2, 0.25) is 5.91 Å². The number of nitrogens with one attached hydrogen (secondary N) is 2. The van der Waals surface area contributed by atoms with Crippen LogP contribution in [0.1, 0.15) is 22.4 Å². The van der Waals surface area contributed by atoms with Crippen LogP contribution in [-0.2, 0) is 24.4 Å². The minimum Gasteiger partial charge on any atom is -0.497 e. The predicted molar refractivity (Wildman–Crippen MR) is 122 cm³/mol. The summed E-state index contributed by atoms with van der Waals surface area (Å²) in [5.74, 6) is 1.57. The van der Waals surface area contributed by atoms with Crippen LogP contribution in [0.3, 0.4) is 0 Å². The number of fused-ring (bicyclic) bond motifs is 1. The van der Waals surface area contributed by atoms with Gasteiger partial charge in [0.1, 0.15) is 18.1 Å². The number of methoxy groups -OCH3 is 1. The molecular formula is C26H26N2O3. The molecule has 0 fully saturated rings. The number of benzene rings is 3. The van der Waals surface area contributed by atoms with E-state index in [1.54, 1.807) is 7.11 Å². The molecule has 0 radical (unpaired) electrons. The zero-order valence-corrected chi connectivity index (χ0v) is 17.8. The number of aromatic nitrogens is 1. The molecule has 0 unspecified atom stereocenters. The fourth-order valence-corrected chi connectivity index (χ4v) is 3.59. The third-order valence-electron chi connectivity index (χ3n) is 5.33. The summed E-state index contributed by atoms with van der Waals surface area (Å²) in [6.45, 7) is 2.99. The van der Waals surface area contributed by atoms with E-state index >= 15 is 0 Å². The molecule has 1 aromatic heterocycles. The lowest BCUT2D eigenvalue weighted by Gasteiger charge is -2.08. The number of ether oxygens (including phenoxy) is 2. The molecule has 2 N–H and O–H groups in total. The van der Waals surface area contributed by atoms with Gasteiger partial charge in [0.25, 0.3) is 0 Å². The fraction of sp³-hybridized carbons (Fsp3) is 0.192. The number of aromatic amines is 1. The molecule has 0 saturated carbocycles. The SMILES string of the molecule is COc1ccc(CNC(=O)Cc2c(C)[nH]c3ccc(OCc4ccccc4)cc23)cc1. The highest BCUT2D eigenvalue weighted by atomic mass is 16.5. The van der Waals surface area contributed by atoms with Crippen molar-refractivity contribution in [3.8, 4) is 11.5 Å². The van der Waals surface area contributed by atoms with Crippen LogP contribution in [0.15, 0.2) is 72.8 Å². The summed E-state index contributed by atoms with van der Waals surface area (Å²) in [6.07, 6.45) is 0.310. The maximum Gasteiger partial charge on any atom is 0.224 e. The second-order valence-electron chi connectivity index (χ2n) is 7.51. The zero-order valence-electron chi connectivity index (χ0n) is 17.8. The Balaban J connectivity index is 1.43. The van der Waals surface area contributed by atoms with E-state index in [1.807, 2.05) is 79.7 Å². The third-order valence-corrected chi connectivity index (χ3v) is 5.33. The van der Waals surface area contributed by atoms with Crippen LogP contribution >= 0.6 is 0 Å². The molecule has 1 heterocycles. The van der Waals surface area contributed by atoms with E-state index in [0.717, 1.165) is 44.8 Å². The first-order chi connectivity index (χ1) is 15.1. The van der Waals surface area contributed by atoms with E-state index in [4.69, 9.17) is 9.47 Å². The van der Waals surface area contributed by atoms with Crippen molar-refractivity contribution < 1.29 is 14.3 Å². The number of aryl methyl sites for hydroxylation is 1. The maximum atomic E-state index is 12.6. The Morgan fingerprint density at radius 2 is 1.68 bits per heavy atom. The summed E-state index contributed by atoms with van der Waals surface area (Å²) in [7, 11) is 1.64. The van der Waals surface area contributed by atoms with Gasteiger partial charge in [-0.2, -0.15) is 0 Å². The lowest BCUT2D eigenvalue weighted by Crippen LogP contribution is -2.24. The van der Waals surface area contributed by atoms with E-state index < -0.39 is 0 Å². The molecule has 4 rings (SSSR count). The molecule has 3 aromatic carbocycles. The molecule has 0 bridgehead atoms. The Labute approximate surface area is 182 Å². The zero-order chi connectivity index (χ0) is 21.6. The Kier molecular flexibility index (Phi) is 6.22. The molecule has 1 amide bonds. The number of amides is 1. The van der Waals surface area contributed by atoms with Gasteiger partial charge in [-0.15, -0.1) is 0 Å². The molecule has 4 aromatic rings. The van der Waals surface area contributed by atoms with Crippen LogP contribution < -0.4 is 14.8 Å². The van der Waals surface area contributed by atoms with Crippen molar-refractivity contribution in [3.63, 3.8) is 0 Å². The summed E-state index contributed by atoms with van der Waals surface area (Å²) >= 11 is 0. The quantitative estimate of drug-likeness (QED) is 0.430. The average molecular weight is 415 g/mol. The highest BCUT2D eigenvalue weighted by Crippen LogP contribution is 2.27. The lowest BCUT2D eigenvalue weighted by molar-refractivity contribution is -0.120. The predicted octanol–water partition coefficient (Wildman–Crippen LogP) is 4.92. The largest absolute Gasteiger partial charge is 0.497 e. The van der Waals surface area contributed by atoms with Gasteiger partial charge in [-0.1, -0.05) is 42.5 Å². The number of carbonyl (C=O) groups is 1. The second-order valence-corrected chi connectivity index (χ2v) is 7.51. The number of carbonyl (C=O) groups excluding carboxylic acids is 1. The Morgan fingerprint density at radius 1 is 0.935 bits per heavy atom. The smallest absolute Gasteiger partial charge is 0.224 e. The van der Waals surface area contributed by atoms with Crippen molar-refractivity contribution in [1.29, 1.82) is 0 Å². The van der Waals surface area contributed by atoms with Gasteiger partial charge in [0, 0.05) is 23.1 Å². The molecule has 0 spiro atoms. The molecule has 0 aliphatic carbocycles. The first-order valence-electron chi connectivity index (χ1n) is 10.3. The number of hydrogen-bond acceptors (Lipinski definition) is 3. The maximum absolute atomic E-state index is 12.6. The molecule has 0 aliphatic heterocycles. The van der Waals surface area contributed by atoms with Gasteiger partial charge >= 0.3 is 0 Å². The Morgan fingerprint density at radius 3 is 2.42 bits per heavy atom. The van der Waals surface area contributed by atoms with E-state index in [9.17, 15) is 4.79 Å². The van der Waals surface area contributed by atoms with Crippen LogP contribution in [0, 0.1) is 6.92 Å². The number of rotatable bonds is 8.